The predicted octanol–water partition coefficient (Wildman–Crippen LogP) is 5.85. The van der Waals surface area contributed by atoms with E-state index in [0.717, 1.165) is 49.3 Å². The van der Waals surface area contributed by atoms with Gasteiger partial charge in [0.25, 0.3) is 0 Å². The third kappa shape index (κ3) is 4.81. The molecule has 8 heteroatoms. The number of halogens is 2. The number of carbonyl (C=O) groups is 2. The number of nitrogens with zero attached hydrogens (tertiary/aromatic N) is 2. The fourth-order valence-electron chi connectivity index (χ4n) is 5.27. The molecule has 1 N–H and O–H groups in total. The van der Waals surface area contributed by atoms with E-state index in [-0.39, 0.29) is 23.2 Å². The van der Waals surface area contributed by atoms with Crippen molar-refractivity contribution < 1.29 is 18.7 Å². The van der Waals surface area contributed by atoms with E-state index >= 15 is 0 Å². The molecule has 2 aliphatic rings. The summed E-state index contributed by atoms with van der Waals surface area (Å²) in [5, 5.41) is 3.47. The van der Waals surface area contributed by atoms with Crippen molar-refractivity contribution in [2.45, 2.75) is 24.8 Å². The van der Waals surface area contributed by atoms with Gasteiger partial charge in [0.1, 0.15) is 5.82 Å². The second-order valence-electron chi connectivity index (χ2n) is 9.43. The molecule has 0 saturated carbocycles. The first-order valence-corrected chi connectivity index (χ1v) is 12.3. The van der Waals surface area contributed by atoms with Gasteiger partial charge in [0.15, 0.2) is 0 Å². The van der Waals surface area contributed by atoms with Crippen LogP contribution in [-0.2, 0) is 16.7 Å². The fraction of sp³-hybridized carbons (Fsp3) is 0.286. The van der Waals surface area contributed by atoms with E-state index in [1.54, 1.807) is 53.4 Å². The smallest absolute Gasteiger partial charge is 0.337 e. The largest absolute Gasteiger partial charge is 0.465 e. The summed E-state index contributed by atoms with van der Waals surface area (Å²) >= 11 is 6.07. The normalized spacial score (nSPS) is 16.6. The van der Waals surface area contributed by atoms with Crippen LogP contribution in [0.15, 0.2) is 66.7 Å². The van der Waals surface area contributed by atoms with Gasteiger partial charge >= 0.3 is 12.0 Å². The van der Waals surface area contributed by atoms with Crippen LogP contribution in [0.1, 0.15) is 34.3 Å². The molecule has 5 rings (SSSR count). The highest BCUT2D eigenvalue weighted by atomic mass is 35.5. The lowest BCUT2D eigenvalue weighted by atomic mass is 9.74. The average Bonchev–Trinajstić information content (AvgIpc) is 3.19. The highest BCUT2D eigenvalue weighted by molar-refractivity contribution is 6.30. The highest BCUT2D eigenvalue weighted by Gasteiger charge is 2.46. The van der Waals surface area contributed by atoms with Crippen molar-refractivity contribution >= 4 is 35.0 Å². The fourth-order valence-corrected chi connectivity index (χ4v) is 5.46. The van der Waals surface area contributed by atoms with Gasteiger partial charge in [-0.15, -0.1) is 0 Å². The second-order valence-corrected chi connectivity index (χ2v) is 9.87. The SMILES string of the molecule is COC(=O)c1ccc(CN2CCC3(CC2)CN(C(=O)Nc2cccc(Cl)c2)c2ccc(F)cc23)cc1. The molecular formula is C28H27ClFN3O3. The zero-order valence-electron chi connectivity index (χ0n) is 20.0. The number of hydrogen-bond donors (Lipinski definition) is 1. The number of urea groups is 1. The molecule has 1 fully saturated rings. The number of hydrogen-bond acceptors (Lipinski definition) is 4. The molecule has 0 unspecified atom stereocenters. The van der Waals surface area contributed by atoms with Crippen LogP contribution >= 0.6 is 11.6 Å². The molecule has 6 nitrogen and oxygen atoms in total. The molecule has 0 aliphatic carbocycles. The number of benzene rings is 3. The molecule has 3 aromatic rings. The molecule has 0 bridgehead atoms. The van der Waals surface area contributed by atoms with Crippen LogP contribution < -0.4 is 10.2 Å². The Bertz CT molecular complexity index is 1290. The summed E-state index contributed by atoms with van der Waals surface area (Å²) in [4.78, 5) is 29.0. The molecule has 2 amide bonds. The van der Waals surface area contributed by atoms with E-state index in [9.17, 15) is 14.0 Å². The number of fused-ring (bicyclic) bond motifs is 2. The number of ether oxygens (including phenoxy) is 1. The Morgan fingerprint density at radius 3 is 2.50 bits per heavy atom. The van der Waals surface area contributed by atoms with Crippen LogP contribution in [0, 0.1) is 5.82 Å². The van der Waals surface area contributed by atoms with Gasteiger partial charge in [-0.25, -0.2) is 14.0 Å². The summed E-state index contributed by atoms with van der Waals surface area (Å²) in [6.45, 7) is 2.89. The van der Waals surface area contributed by atoms with Crippen LogP contribution in [0.3, 0.4) is 0 Å². The van der Waals surface area contributed by atoms with Gasteiger partial charge in [-0.1, -0.05) is 29.8 Å². The van der Waals surface area contributed by atoms with Crippen LogP contribution in [0.4, 0.5) is 20.6 Å². The average molecular weight is 508 g/mol. The standard InChI is InChI=1S/C28H27ClFN3O3/c1-36-26(34)20-7-5-19(6-8-20)17-32-13-11-28(12-14-32)18-33(25-10-9-22(30)16-24(25)28)27(35)31-23-4-2-3-21(29)15-23/h2-10,15-16H,11-14,17-18H2,1H3,(H,31,35). The Kier molecular flexibility index (Phi) is 6.69. The Hall–Kier alpha value is -3.42. The molecular weight excluding hydrogens is 481 g/mol. The number of amides is 2. The minimum atomic E-state index is -0.349. The van der Waals surface area contributed by atoms with Crippen molar-refractivity contribution in [3.63, 3.8) is 0 Å². The molecule has 186 valence electrons. The van der Waals surface area contributed by atoms with E-state index < -0.39 is 0 Å². The number of rotatable bonds is 4. The van der Waals surface area contributed by atoms with Crippen molar-refractivity contribution in [3.8, 4) is 0 Å². The lowest BCUT2D eigenvalue weighted by Gasteiger charge is -2.40. The van der Waals surface area contributed by atoms with Gasteiger partial charge in [0.05, 0.1) is 12.7 Å². The third-order valence-electron chi connectivity index (χ3n) is 7.20. The lowest BCUT2D eigenvalue weighted by molar-refractivity contribution is 0.0600. The Balaban J connectivity index is 1.30. The van der Waals surface area contributed by atoms with E-state index in [4.69, 9.17) is 16.3 Å². The van der Waals surface area contributed by atoms with E-state index in [1.165, 1.54) is 13.2 Å². The van der Waals surface area contributed by atoms with Crippen LogP contribution in [0.2, 0.25) is 5.02 Å². The van der Waals surface area contributed by atoms with Gasteiger partial charge in [0, 0.05) is 34.9 Å². The number of esters is 1. The first-order valence-electron chi connectivity index (χ1n) is 11.9. The summed E-state index contributed by atoms with van der Waals surface area (Å²) in [5.41, 5.74) is 3.60. The van der Waals surface area contributed by atoms with Crippen molar-refractivity contribution in [3.05, 3.63) is 94.3 Å². The van der Waals surface area contributed by atoms with Gasteiger partial charge < -0.3 is 10.1 Å². The third-order valence-corrected chi connectivity index (χ3v) is 7.43. The topological polar surface area (TPSA) is 61.9 Å². The number of carbonyl (C=O) groups excluding carboxylic acids is 2. The first kappa shape index (κ1) is 24.3. The second kappa shape index (κ2) is 9.91. The Labute approximate surface area is 214 Å². The molecule has 2 aliphatic heterocycles. The van der Waals surface area contributed by atoms with Crippen molar-refractivity contribution in [1.82, 2.24) is 4.90 Å². The number of methoxy groups -OCH3 is 1. The summed E-state index contributed by atoms with van der Waals surface area (Å²) in [7, 11) is 1.37. The minimum Gasteiger partial charge on any atom is -0.465 e. The van der Waals surface area contributed by atoms with Gasteiger partial charge in [-0.05, 0) is 85.6 Å². The number of anilines is 2. The van der Waals surface area contributed by atoms with Crippen LogP contribution in [0.5, 0.6) is 0 Å². The van der Waals surface area contributed by atoms with Crippen molar-refractivity contribution in [1.29, 1.82) is 0 Å². The lowest BCUT2D eigenvalue weighted by Crippen LogP contribution is -2.46. The monoisotopic (exact) mass is 507 g/mol. The maximum atomic E-state index is 14.3. The number of nitrogens with one attached hydrogen (secondary N) is 1. The molecule has 0 aromatic heterocycles. The van der Waals surface area contributed by atoms with Crippen molar-refractivity contribution in [2.75, 3.05) is 37.0 Å². The van der Waals surface area contributed by atoms with Crippen LogP contribution in [0.25, 0.3) is 0 Å². The van der Waals surface area contributed by atoms with Gasteiger partial charge in [-0.3, -0.25) is 9.80 Å². The van der Waals surface area contributed by atoms with Gasteiger partial charge in [0.2, 0.25) is 0 Å². The molecule has 1 saturated heterocycles. The van der Waals surface area contributed by atoms with Crippen molar-refractivity contribution in [2.24, 2.45) is 0 Å². The van der Waals surface area contributed by atoms with Gasteiger partial charge in [-0.2, -0.15) is 0 Å². The first-order chi connectivity index (χ1) is 17.4. The Morgan fingerprint density at radius 1 is 1.06 bits per heavy atom. The summed E-state index contributed by atoms with van der Waals surface area (Å²) in [5.74, 6) is -0.643. The minimum absolute atomic E-state index is 0.255. The van der Waals surface area contributed by atoms with E-state index in [1.807, 2.05) is 12.1 Å². The number of piperidine rings is 1. The summed E-state index contributed by atoms with van der Waals surface area (Å²) in [6, 6.07) is 18.9. The van der Waals surface area contributed by atoms with E-state index in [2.05, 4.69) is 10.2 Å². The maximum Gasteiger partial charge on any atom is 0.337 e. The molecule has 0 atom stereocenters. The zero-order chi connectivity index (χ0) is 25.3. The van der Waals surface area contributed by atoms with Crippen LogP contribution in [-0.4, -0.2) is 43.6 Å². The van der Waals surface area contributed by atoms with E-state index in [0.29, 0.717) is 22.8 Å². The molecule has 3 aromatic carbocycles. The molecule has 36 heavy (non-hydrogen) atoms. The maximum absolute atomic E-state index is 14.3. The zero-order valence-corrected chi connectivity index (χ0v) is 20.7. The predicted molar refractivity (Wildman–Crippen MR) is 138 cm³/mol. The summed E-state index contributed by atoms with van der Waals surface area (Å²) in [6.07, 6.45) is 1.62. The Morgan fingerprint density at radius 2 is 1.81 bits per heavy atom. The molecule has 0 radical (unpaired) electrons. The molecule has 2 heterocycles. The summed E-state index contributed by atoms with van der Waals surface area (Å²) < 4.78 is 19.1. The highest BCUT2D eigenvalue weighted by Crippen LogP contribution is 2.47. The molecule has 1 spiro atoms. The quantitative estimate of drug-likeness (QED) is 0.450. The number of likely N-dealkylation sites (tertiary alicyclic amines) is 1.